The van der Waals surface area contributed by atoms with Crippen molar-refractivity contribution in [3.63, 3.8) is 0 Å². The number of aromatic nitrogens is 1. The largest absolute Gasteiger partial charge is 0.356 e. The molecular weight excluding hydrogens is 208 g/mol. The summed E-state index contributed by atoms with van der Waals surface area (Å²) in [4.78, 5) is 16.3. The van der Waals surface area contributed by atoms with Gasteiger partial charge in [-0.2, -0.15) is 0 Å². The van der Waals surface area contributed by atoms with E-state index in [2.05, 4.69) is 4.98 Å². The molecule has 0 aliphatic heterocycles. The van der Waals surface area contributed by atoms with Gasteiger partial charge < -0.3 is 10.6 Å². The summed E-state index contributed by atoms with van der Waals surface area (Å²) in [6.45, 7) is 5.71. The van der Waals surface area contributed by atoms with Crippen LogP contribution in [0.2, 0.25) is 0 Å². The van der Waals surface area contributed by atoms with Gasteiger partial charge in [0.15, 0.2) is 0 Å². The lowest BCUT2D eigenvalue weighted by Crippen LogP contribution is -2.29. The van der Waals surface area contributed by atoms with E-state index in [0.717, 1.165) is 12.4 Å². The zero-order valence-corrected chi connectivity index (χ0v) is 9.51. The van der Waals surface area contributed by atoms with Crippen LogP contribution in [0.3, 0.4) is 0 Å². The van der Waals surface area contributed by atoms with Crippen LogP contribution in [-0.4, -0.2) is 29.5 Å². The van der Waals surface area contributed by atoms with E-state index in [0.29, 0.717) is 18.7 Å². The summed E-state index contributed by atoms with van der Waals surface area (Å²) in [7, 11) is 0. The fourth-order valence-electron chi connectivity index (χ4n) is 1.49. The number of hydrogen-bond acceptors (Lipinski definition) is 5. The molecule has 88 valence electrons. The summed E-state index contributed by atoms with van der Waals surface area (Å²) in [6.07, 6.45) is 1.30. The SMILES string of the molecule is CCN(CCN)c1cc(C)c([N+](=O)[O-])cn1. The summed E-state index contributed by atoms with van der Waals surface area (Å²) < 4.78 is 0. The summed E-state index contributed by atoms with van der Waals surface area (Å²) in [5, 5.41) is 10.6. The maximum atomic E-state index is 10.6. The van der Waals surface area contributed by atoms with Gasteiger partial charge in [-0.15, -0.1) is 0 Å². The van der Waals surface area contributed by atoms with Crippen LogP contribution >= 0.6 is 0 Å². The first-order chi connectivity index (χ1) is 7.60. The zero-order valence-electron chi connectivity index (χ0n) is 9.51. The summed E-state index contributed by atoms with van der Waals surface area (Å²) in [6, 6.07) is 1.72. The topological polar surface area (TPSA) is 85.3 Å². The second-order valence-electron chi connectivity index (χ2n) is 3.45. The summed E-state index contributed by atoms with van der Waals surface area (Å²) in [5.41, 5.74) is 6.15. The molecule has 1 rings (SSSR count). The Kier molecular flexibility index (Phi) is 4.19. The average Bonchev–Trinajstić information content (AvgIpc) is 2.25. The molecule has 6 nitrogen and oxygen atoms in total. The van der Waals surface area contributed by atoms with Gasteiger partial charge >= 0.3 is 0 Å². The number of anilines is 1. The number of nitrogens with two attached hydrogens (primary N) is 1. The van der Waals surface area contributed by atoms with E-state index in [9.17, 15) is 10.1 Å². The second-order valence-corrected chi connectivity index (χ2v) is 3.45. The minimum atomic E-state index is -0.425. The molecule has 0 fully saturated rings. The first kappa shape index (κ1) is 12.4. The molecule has 0 aromatic carbocycles. The lowest BCUT2D eigenvalue weighted by Gasteiger charge is -2.21. The monoisotopic (exact) mass is 224 g/mol. The number of hydrogen-bond donors (Lipinski definition) is 1. The van der Waals surface area contributed by atoms with E-state index in [1.807, 2.05) is 11.8 Å². The highest BCUT2D eigenvalue weighted by molar-refractivity contribution is 5.48. The molecule has 0 saturated carbocycles. The van der Waals surface area contributed by atoms with Crippen molar-refractivity contribution in [1.82, 2.24) is 4.98 Å². The Morgan fingerprint density at radius 2 is 2.31 bits per heavy atom. The van der Waals surface area contributed by atoms with Gasteiger partial charge in [0.2, 0.25) is 0 Å². The Morgan fingerprint density at radius 1 is 1.62 bits per heavy atom. The van der Waals surface area contributed by atoms with E-state index < -0.39 is 4.92 Å². The van der Waals surface area contributed by atoms with Crippen LogP contribution in [0, 0.1) is 17.0 Å². The molecule has 0 saturated heterocycles. The van der Waals surface area contributed by atoms with Crippen molar-refractivity contribution in [2.24, 2.45) is 5.73 Å². The van der Waals surface area contributed by atoms with Crippen LogP contribution < -0.4 is 10.6 Å². The maximum Gasteiger partial charge on any atom is 0.290 e. The third kappa shape index (κ3) is 2.66. The number of aryl methyl sites for hydroxylation is 1. The van der Waals surface area contributed by atoms with Gasteiger partial charge in [0.25, 0.3) is 5.69 Å². The lowest BCUT2D eigenvalue weighted by atomic mass is 10.2. The van der Waals surface area contributed by atoms with Crippen LogP contribution in [0.1, 0.15) is 12.5 Å². The maximum absolute atomic E-state index is 10.6. The molecule has 0 atom stereocenters. The van der Waals surface area contributed by atoms with E-state index in [1.54, 1.807) is 13.0 Å². The van der Waals surface area contributed by atoms with Gasteiger partial charge in [0, 0.05) is 25.2 Å². The number of pyridine rings is 1. The highest BCUT2D eigenvalue weighted by Gasteiger charge is 2.13. The third-order valence-corrected chi connectivity index (χ3v) is 2.37. The predicted molar refractivity (Wildman–Crippen MR) is 62.6 cm³/mol. The smallest absolute Gasteiger partial charge is 0.290 e. The minimum Gasteiger partial charge on any atom is -0.356 e. The molecule has 16 heavy (non-hydrogen) atoms. The van der Waals surface area contributed by atoms with Crippen LogP contribution in [0.15, 0.2) is 12.3 Å². The minimum absolute atomic E-state index is 0.0487. The summed E-state index contributed by atoms with van der Waals surface area (Å²) >= 11 is 0. The Hall–Kier alpha value is -1.69. The van der Waals surface area contributed by atoms with E-state index in [1.165, 1.54) is 6.20 Å². The van der Waals surface area contributed by atoms with Crippen molar-refractivity contribution >= 4 is 11.5 Å². The Bertz CT molecular complexity index is 381. The van der Waals surface area contributed by atoms with Gasteiger partial charge in [-0.05, 0) is 19.9 Å². The molecule has 0 radical (unpaired) electrons. The first-order valence-electron chi connectivity index (χ1n) is 5.16. The number of nitro groups is 1. The molecule has 6 heteroatoms. The molecule has 0 aliphatic carbocycles. The van der Waals surface area contributed by atoms with Crippen molar-refractivity contribution in [2.45, 2.75) is 13.8 Å². The molecule has 0 unspecified atom stereocenters. The van der Waals surface area contributed by atoms with E-state index >= 15 is 0 Å². The Morgan fingerprint density at radius 3 is 2.75 bits per heavy atom. The van der Waals surface area contributed by atoms with Gasteiger partial charge in [-0.3, -0.25) is 10.1 Å². The quantitative estimate of drug-likeness (QED) is 0.597. The summed E-state index contributed by atoms with van der Waals surface area (Å²) in [5.74, 6) is 0.732. The molecule has 1 aromatic rings. The number of likely N-dealkylation sites (N-methyl/N-ethyl adjacent to an activating group) is 1. The molecule has 0 spiro atoms. The average molecular weight is 224 g/mol. The molecule has 0 aliphatic rings. The number of nitrogens with zero attached hydrogens (tertiary/aromatic N) is 3. The first-order valence-corrected chi connectivity index (χ1v) is 5.16. The highest BCUT2D eigenvalue weighted by atomic mass is 16.6. The Labute approximate surface area is 94.2 Å². The molecular formula is C10H16N4O2. The molecule has 2 N–H and O–H groups in total. The van der Waals surface area contributed by atoms with Gasteiger partial charge in [-0.25, -0.2) is 4.98 Å². The van der Waals surface area contributed by atoms with Crippen molar-refractivity contribution in [3.8, 4) is 0 Å². The van der Waals surface area contributed by atoms with Crippen LogP contribution in [0.25, 0.3) is 0 Å². The van der Waals surface area contributed by atoms with Gasteiger partial charge in [-0.1, -0.05) is 0 Å². The standard InChI is InChI=1S/C10H16N4O2/c1-3-13(5-4-11)10-6-8(2)9(7-12-10)14(15)16/h6-7H,3-5,11H2,1-2H3. The van der Waals surface area contributed by atoms with E-state index in [-0.39, 0.29) is 5.69 Å². The van der Waals surface area contributed by atoms with Gasteiger partial charge in [0.05, 0.1) is 4.92 Å². The fraction of sp³-hybridized carbons (Fsp3) is 0.500. The Balaban J connectivity index is 2.99. The molecule has 0 amide bonds. The van der Waals surface area contributed by atoms with E-state index in [4.69, 9.17) is 5.73 Å². The lowest BCUT2D eigenvalue weighted by molar-refractivity contribution is -0.385. The van der Waals surface area contributed by atoms with Crippen LogP contribution in [0.4, 0.5) is 11.5 Å². The van der Waals surface area contributed by atoms with Gasteiger partial charge in [0.1, 0.15) is 12.0 Å². The van der Waals surface area contributed by atoms with Crippen molar-refractivity contribution < 1.29 is 4.92 Å². The highest BCUT2D eigenvalue weighted by Crippen LogP contribution is 2.20. The predicted octanol–water partition coefficient (Wildman–Crippen LogP) is 1.08. The second kappa shape index (κ2) is 5.41. The number of rotatable bonds is 5. The normalized spacial score (nSPS) is 10.2. The zero-order chi connectivity index (χ0) is 12.1. The van der Waals surface area contributed by atoms with Crippen LogP contribution in [-0.2, 0) is 0 Å². The third-order valence-electron chi connectivity index (χ3n) is 2.37. The fourth-order valence-corrected chi connectivity index (χ4v) is 1.49. The van der Waals surface area contributed by atoms with Crippen molar-refractivity contribution in [2.75, 3.05) is 24.5 Å². The van der Waals surface area contributed by atoms with Crippen LogP contribution in [0.5, 0.6) is 0 Å². The van der Waals surface area contributed by atoms with Crippen molar-refractivity contribution in [3.05, 3.63) is 27.9 Å². The molecule has 1 heterocycles. The molecule has 1 aromatic heterocycles. The molecule has 0 bridgehead atoms. The van der Waals surface area contributed by atoms with Crippen molar-refractivity contribution in [1.29, 1.82) is 0 Å².